The average molecular weight is 655 g/mol. The number of methoxy groups -OCH3 is 2. The van der Waals surface area contributed by atoms with Gasteiger partial charge in [0, 0.05) is 56.7 Å². The molecule has 1 aliphatic heterocycles. The number of allylic oxidation sites excluding steroid dienone is 1. The Bertz CT molecular complexity index is 1490. The third kappa shape index (κ3) is 9.61. The highest BCUT2D eigenvalue weighted by Gasteiger charge is 2.40. The first-order valence-corrected chi connectivity index (χ1v) is 15.5. The van der Waals surface area contributed by atoms with Gasteiger partial charge in [-0.05, 0) is 51.9 Å². The van der Waals surface area contributed by atoms with Gasteiger partial charge in [0.15, 0.2) is 0 Å². The lowest BCUT2D eigenvalue weighted by Crippen LogP contribution is -2.54. The highest BCUT2D eigenvalue weighted by atomic mass is 16.6. The fraction of sp³-hybridized carbons (Fsp3) is 0.471. The van der Waals surface area contributed by atoms with Crippen molar-refractivity contribution in [1.82, 2.24) is 15.5 Å². The molecule has 3 rings (SSSR count). The van der Waals surface area contributed by atoms with Crippen LogP contribution in [0.1, 0.15) is 44.7 Å². The maximum Gasteiger partial charge on any atom is 0.336 e. The summed E-state index contributed by atoms with van der Waals surface area (Å²) < 4.78 is 22.0. The number of aliphatic hydroxyl groups excluding tert-OH is 1. The number of hydrogen-bond donors (Lipinski definition) is 3. The first-order chi connectivity index (χ1) is 22.4. The van der Waals surface area contributed by atoms with Gasteiger partial charge in [0.25, 0.3) is 5.69 Å². The summed E-state index contributed by atoms with van der Waals surface area (Å²) >= 11 is 0. The average Bonchev–Trinajstić information content (AvgIpc) is 3.03. The van der Waals surface area contributed by atoms with Gasteiger partial charge in [-0.3, -0.25) is 20.3 Å². The summed E-state index contributed by atoms with van der Waals surface area (Å²) in [7, 11) is 4.99. The number of benzene rings is 2. The smallest absolute Gasteiger partial charge is 0.336 e. The number of hydrogen-bond acceptors (Lipinski definition) is 12. The zero-order valence-corrected chi connectivity index (χ0v) is 28.1. The van der Waals surface area contributed by atoms with Crippen molar-refractivity contribution in [3.8, 4) is 5.75 Å². The van der Waals surface area contributed by atoms with Gasteiger partial charge in [0.1, 0.15) is 11.5 Å². The van der Waals surface area contributed by atoms with Gasteiger partial charge < -0.3 is 29.4 Å². The number of rotatable bonds is 17. The second kappa shape index (κ2) is 17.0. The van der Waals surface area contributed by atoms with E-state index in [-0.39, 0.29) is 43.1 Å². The molecule has 0 radical (unpaired) electrons. The minimum atomic E-state index is -0.991. The zero-order valence-electron chi connectivity index (χ0n) is 28.1. The molecule has 1 heterocycles. The van der Waals surface area contributed by atoms with E-state index in [2.05, 4.69) is 10.6 Å². The number of dihydropyridines is 1. The number of carbonyl (C=O) groups excluding carboxylic acids is 2. The molecule has 0 fully saturated rings. The number of likely N-dealkylation sites (N-methyl/N-ethyl adjacent to an activating group) is 1. The van der Waals surface area contributed by atoms with Gasteiger partial charge in [-0.25, -0.2) is 9.59 Å². The van der Waals surface area contributed by atoms with E-state index in [1.54, 1.807) is 41.1 Å². The maximum absolute atomic E-state index is 13.6. The van der Waals surface area contributed by atoms with Crippen LogP contribution in [0.25, 0.3) is 0 Å². The number of esters is 2. The Labute approximate surface area is 275 Å². The summed E-state index contributed by atoms with van der Waals surface area (Å²) in [5, 5.41) is 29.0. The SMILES string of the molecule is CCOC(=O)C1=C(C)NC(CN(C)CC(C)(NCC(O)Cc2ccccc2OC)OC)=C(C(=O)OCC)C1c1cccc([N+](=O)[O-])c1. The van der Waals surface area contributed by atoms with E-state index >= 15 is 0 Å². The van der Waals surface area contributed by atoms with Gasteiger partial charge in [-0.2, -0.15) is 0 Å². The first-order valence-electron chi connectivity index (χ1n) is 15.5. The van der Waals surface area contributed by atoms with Gasteiger partial charge in [0.05, 0.1) is 48.4 Å². The largest absolute Gasteiger partial charge is 0.496 e. The lowest BCUT2D eigenvalue weighted by Gasteiger charge is -2.36. The minimum absolute atomic E-state index is 0.0768. The molecule has 0 saturated heterocycles. The van der Waals surface area contributed by atoms with E-state index < -0.39 is 34.6 Å². The number of nitro benzene ring substituents is 1. The molecule has 0 bridgehead atoms. The first kappa shape index (κ1) is 37.2. The van der Waals surface area contributed by atoms with Crippen molar-refractivity contribution in [3.05, 3.63) is 92.3 Å². The van der Waals surface area contributed by atoms with E-state index in [0.29, 0.717) is 35.7 Å². The monoisotopic (exact) mass is 654 g/mol. The Hall–Kier alpha value is -4.30. The second-order valence-corrected chi connectivity index (χ2v) is 11.4. The molecule has 2 aromatic carbocycles. The lowest BCUT2D eigenvalue weighted by atomic mass is 9.80. The van der Waals surface area contributed by atoms with E-state index in [1.807, 2.05) is 43.1 Å². The maximum atomic E-state index is 13.6. The summed E-state index contributed by atoms with van der Waals surface area (Å²) in [5.74, 6) is -1.60. The number of non-ortho nitro benzene ring substituents is 1. The summed E-state index contributed by atoms with van der Waals surface area (Å²) in [6.45, 7) is 7.81. The van der Waals surface area contributed by atoms with E-state index in [0.717, 1.165) is 5.56 Å². The van der Waals surface area contributed by atoms with Crippen molar-refractivity contribution < 1.29 is 38.6 Å². The van der Waals surface area contributed by atoms with Crippen LogP contribution in [0, 0.1) is 10.1 Å². The molecule has 0 aliphatic carbocycles. The summed E-state index contributed by atoms with van der Waals surface area (Å²) in [4.78, 5) is 39.9. The Balaban J connectivity index is 1.92. The summed E-state index contributed by atoms with van der Waals surface area (Å²) in [5.41, 5.74) is 1.38. The topological polar surface area (TPSA) is 162 Å². The van der Waals surface area contributed by atoms with Gasteiger partial charge in [0.2, 0.25) is 0 Å². The molecule has 3 unspecified atom stereocenters. The predicted octanol–water partition coefficient (Wildman–Crippen LogP) is 3.43. The Kier molecular flexibility index (Phi) is 13.5. The van der Waals surface area contributed by atoms with Crippen molar-refractivity contribution in [2.24, 2.45) is 0 Å². The molecule has 0 amide bonds. The fourth-order valence-corrected chi connectivity index (χ4v) is 5.67. The third-order valence-electron chi connectivity index (χ3n) is 7.86. The van der Waals surface area contributed by atoms with Crippen molar-refractivity contribution in [2.75, 3.05) is 54.1 Å². The van der Waals surface area contributed by atoms with Gasteiger partial charge in [-0.15, -0.1) is 0 Å². The highest BCUT2D eigenvalue weighted by molar-refractivity contribution is 6.00. The van der Waals surface area contributed by atoms with Crippen LogP contribution in [0.15, 0.2) is 71.1 Å². The molecular weight excluding hydrogens is 608 g/mol. The van der Waals surface area contributed by atoms with Crippen LogP contribution in [0.5, 0.6) is 5.75 Å². The Morgan fingerprint density at radius 3 is 2.36 bits per heavy atom. The molecule has 256 valence electrons. The van der Waals surface area contributed by atoms with E-state index in [1.165, 1.54) is 18.2 Å². The number of para-hydroxylation sites is 1. The van der Waals surface area contributed by atoms with Crippen molar-refractivity contribution in [2.45, 2.75) is 51.9 Å². The van der Waals surface area contributed by atoms with Crippen LogP contribution in [0.3, 0.4) is 0 Å². The molecule has 3 atom stereocenters. The quantitative estimate of drug-likeness (QED) is 0.0988. The number of nitrogens with zero attached hydrogens (tertiary/aromatic N) is 2. The number of nitrogens with one attached hydrogen (secondary N) is 2. The number of nitro groups is 1. The summed E-state index contributed by atoms with van der Waals surface area (Å²) in [6, 6.07) is 13.4. The van der Waals surface area contributed by atoms with E-state index in [9.17, 15) is 24.8 Å². The highest BCUT2D eigenvalue weighted by Crippen LogP contribution is 2.40. The molecular formula is C34H46N4O9. The predicted molar refractivity (Wildman–Crippen MR) is 176 cm³/mol. The van der Waals surface area contributed by atoms with Gasteiger partial charge >= 0.3 is 11.9 Å². The van der Waals surface area contributed by atoms with Crippen LogP contribution in [-0.4, -0.2) is 92.8 Å². The molecule has 1 aliphatic rings. The van der Waals surface area contributed by atoms with Crippen molar-refractivity contribution in [1.29, 1.82) is 0 Å². The van der Waals surface area contributed by atoms with Crippen molar-refractivity contribution >= 4 is 17.6 Å². The molecule has 0 saturated carbocycles. The Morgan fingerprint density at radius 2 is 1.74 bits per heavy atom. The lowest BCUT2D eigenvalue weighted by molar-refractivity contribution is -0.384. The molecule has 47 heavy (non-hydrogen) atoms. The zero-order chi connectivity index (χ0) is 34.7. The minimum Gasteiger partial charge on any atom is -0.496 e. The fourth-order valence-electron chi connectivity index (χ4n) is 5.67. The van der Waals surface area contributed by atoms with Crippen LogP contribution in [-0.2, 0) is 30.2 Å². The Morgan fingerprint density at radius 1 is 1.09 bits per heavy atom. The molecule has 0 spiro atoms. The molecule has 2 aromatic rings. The molecule has 3 N–H and O–H groups in total. The second-order valence-electron chi connectivity index (χ2n) is 11.4. The van der Waals surface area contributed by atoms with Gasteiger partial charge in [-0.1, -0.05) is 30.3 Å². The van der Waals surface area contributed by atoms with Crippen LogP contribution in [0.4, 0.5) is 5.69 Å². The van der Waals surface area contributed by atoms with E-state index in [4.69, 9.17) is 18.9 Å². The van der Waals surface area contributed by atoms with Crippen LogP contribution < -0.4 is 15.4 Å². The number of ether oxygens (including phenoxy) is 4. The molecule has 13 heteroatoms. The molecule has 0 aromatic heterocycles. The van der Waals surface area contributed by atoms with Crippen LogP contribution >= 0.6 is 0 Å². The number of aliphatic hydroxyl groups is 1. The molecule has 13 nitrogen and oxygen atoms in total. The normalized spacial score (nSPS) is 16.7. The van der Waals surface area contributed by atoms with Crippen LogP contribution in [0.2, 0.25) is 0 Å². The standard InChI is InChI=1S/C34H46N4O9/c1-8-46-32(40)29-22(3)36-27(31(33(41)47-9-2)30(29)24-14-12-15-25(17-24)38(42)43)20-37(5)21-34(4,45-7)35-19-26(39)18-23-13-10-11-16-28(23)44-6/h10-17,26,30,35-36,39H,8-9,18-21H2,1-7H3. The third-order valence-corrected chi connectivity index (χ3v) is 7.86. The van der Waals surface area contributed by atoms with Crippen molar-refractivity contribution in [3.63, 3.8) is 0 Å². The number of carbonyl (C=O) groups is 2. The summed E-state index contributed by atoms with van der Waals surface area (Å²) in [6.07, 6.45) is -0.353.